The first-order chi connectivity index (χ1) is 9.54. The summed E-state index contributed by atoms with van der Waals surface area (Å²) in [5.74, 6) is -1.08. The number of hydrogen-bond acceptors (Lipinski definition) is 5. The van der Waals surface area contributed by atoms with E-state index >= 15 is 0 Å². The molecule has 1 heterocycles. The van der Waals surface area contributed by atoms with Crippen molar-refractivity contribution < 1.29 is 14.7 Å². The van der Waals surface area contributed by atoms with Gasteiger partial charge in [-0.05, 0) is 13.3 Å². The third-order valence-corrected chi connectivity index (χ3v) is 2.87. The maximum absolute atomic E-state index is 11.5. The van der Waals surface area contributed by atoms with Crippen LogP contribution in [0.3, 0.4) is 0 Å². The summed E-state index contributed by atoms with van der Waals surface area (Å²) in [6, 6.07) is 0.169. The molecule has 1 unspecified atom stereocenters. The van der Waals surface area contributed by atoms with Gasteiger partial charge < -0.3 is 15.7 Å². The molecule has 1 aromatic heterocycles. The SMILES string of the molecule is CCC(C)NC(=O)CCNCc1ncncc1C(=O)O. The lowest BCUT2D eigenvalue weighted by atomic mass is 10.2. The molecule has 110 valence electrons. The number of carbonyl (C=O) groups is 2. The Bertz CT molecular complexity index is 465. The second-order valence-corrected chi connectivity index (χ2v) is 4.49. The zero-order chi connectivity index (χ0) is 15.0. The maximum atomic E-state index is 11.5. The topological polar surface area (TPSA) is 104 Å². The number of carboxylic acids is 1. The largest absolute Gasteiger partial charge is 0.478 e. The average Bonchev–Trinajstić information content (AvgIpc) is 2.43. The molecule has 1 aromatic rings. The molecule has 0 aromatic carbocycles. The maximum Gasteiger partial charge on any atom is 0.339 e. The van der Waals surface area contributed by atoms with Crippen LogP contribution in [0.1, 0.15) is 42.7 Å². The van der Waals surface area contributed by atoms with Gasteiger partial charge in [0.2, 0.25) is 5.91 Å². The number of carboxylic acid groups (broad SMARTS) is 1. The molecular weight excluding hydrogens is 260 g/mol. The normalized spacial score (nSPS) is 11.9. The Labute approximate surface area is 117 Å². The molecule has 1 atom stereocenters. The van der Waals surface area contributed by atoms with Crippen molar-refractivity contribution in [3.63, 3.8) is 0 Å². The summed E-state index contributed by atoms with van der Waals surface area (Å²) in [5.41, 5.74) is 0.485. The number of nitrogens with zero attached hydrogens (tertiary/aromatic N) is 2. The van der Waals surface area contributed by atoms with Gasteiger partial charge in [0.1, 0.15) is 11.9 Å². The van der Waals surface area contributed by atoms with Crippen LogP contribution in [0.25, 0.3) is 0 Å². The molecule has 0 fully saturated rings. The molecule has 20 heavy (non-hydrogen) atoms. The molecule has 0 saturated heterocycles. The molecule has 0 spiro atoms. The fourth-order valence-electron chi connectivity index (χ4n) is 1.53. The molecule has 0 aliphatic heterocycles. The van der Waals surface area contributed by atoms with Crippen molar-refractivity contribution in [2.45, 2.75) is 39.3 Å². The smallest absolute Gasteiger partial charge is 0.339 e. The summed E-state index contributed by atoms with van der Waals surface area (Å²) in [5, 5.41) is 14.8. The predicted molar refractivity (Wildman–Crippen MR) is 73.2 cm³/mol. The van der Waals surface area contributed by atoms with E-state index in [1.54, 1.807) is 0 Å². The van der Waals surface area contributed by atoms with Crippen molar-refractivity contribution in [1.29, 1.82) is 0 Å². The zero-order valence-corrected chi connectivity index (χ0v) is 11.7. The van der Waals surface area contributed by atoms with Crippen LogP contribution < -0.4 is 10.6 Å². The first-order valence-electron chi connectivity index (χ1n) is 6.56. The van der Waals surface area contributed by atoms with Crippen LogP contribution in [0.4, 0.5) is 0 Å². The van der Waals surface area contributed by atoms with Crippen LogP contribution in [-0.2, 0) is 11.3 Å². The van der Waals surface area contributed by atoms with E-state index in [0.29, 0.717) is 25.2 Å². The van der Waals surface area contributed by atoms with E-state index in [1.807, 2.05) is 13.8 Å². The van der Waals surface area contributed by atoms with Gasteiger partial charge in [0.15, 0.2) is 0 Å². The number of hydrogen-bond donors (Lipinski definition) is 3. The quantitative estimate of drug-likeness (QED) is 0.601. The third kappa shape index (κ3) is 5.31. The van der Waals surface area contributed by atoms with Gasteiger partial charge in [0.25, 0.3) is 0 Å². The minimum Gasteiger partial charge on any atom is -0.478 e. The lowest BCUT2D eigenvalue weighted by molar-refractivity contribution is -0.121. The highest BCUT2D eigenvalue weighted by Crippen LogP contribution is 2.02. The first kappa shape index (κ1) is 16.0. The highest BCUT2D eigenvalue weighted by atomic mass is 16.4. The Hall–Kier alpha value is -2.02. The van der Waals surface area contributed by atoms with Gasteiger partial charge in [-0.25, -0.2) is 14.8 Å². The lowest BCUT2D eigenvalue weighted by Gasteiger charge is -2.11. The first-order valence-corrected chi connectivity index (χ1v) is 6.56. The summed E-state index contributed by atoms with van der Waals surface area (Å²) in [6.45, 7) is 4.71. The zero-order valence-electron chi connectivity index (χ0n) is 11.7. The monoisotopic (exact) mass is 280 g/mol. The lowest BCUT2D eigenvalue weighted by Crippen LogP contribution is -2.34. The van der Waals surface area contributed by atoms with E-state index in [2.05, 4.69) is 20.6 Å². The number of carbonyl (C=O) groups excluding carboxylic acids is 1. The summed E-state index contributed by atoms with van der Waals surface area (Å²) in [4.78, 5) is 30.1. The van der Waals surface area contributed by atoms with Crippen LogP contribution in [0.5, 0.6) is 0 Å². The fourth-order valence-corrected chi connectivity index (χ4v) is 1.53. The number of aromatic carboxylic acids is 1. The van der Waals surface area contributed by atoms with E-state index < -0.39 is 5.97 Å². The molecular formula is C13H20N4O3. The van der Waals surface area contributed by atoms with Crippen molar-refractivity contribution >= 4 is 11.9 Å². The van der Waals surface area contributed by atoms with E-state index in [-0.39, 0.29) is 17.5 Å². The van der Waals surface area contributed by atoms with Gasteiger partial charge in [-0.2, -0.15) is 0 Å². The Kier molecular flexibility index (Phi) is 6.58. The second kappa shape index (κ2) is 8.21. The van der Waals surface area contributed by atoms with Crippen molar-refractivity contribution in [2.75, 3.05) is 6.54 Å². The van der Waals surface area contributed by atoms with Gasteiger partial charge in [-0.1, -0.05) is 6.92 Å². The van der Waals surface area contributed by atoms with E-state index in [0.717, 1.165) is 6.42 Å². The van der Waals surface area contributed by atoms with Gasteiger partial charge in [0, 0.05) is 31.7 Å². The standard InChI is InChI=1S/C13H20N4O3/c1-3-9(2)17-12(18)4-5-14-7-11-10(13(19)20)6-15-8-16-11/h6,8-9,14H,3-5,7H2,1-2H3,(H,17,18)(H,19,20). The minimum absolute atomic E-state index is 0.0204. The Morgan fingerprint density at radius 3 is 2.85 bits per heavy atom. The molecule has 7 heteroatoms. The van der Waals surface area contributed by atoms with Crippen LogP contribution in [0.15, 0.2) is 12.5 Å². The Balaban J connectivity index is 2.35. The molecule has 0 bridgehead atoms. The van der Waals surface area contributed by atoms with Crippen LogP contribution >= 0.6 is 0 Å². The van der Waals surface area contributed by atoms with Gasteiger partial charge >= 0.3 is 5.97 Å². The van der Waals surface area contributed by atoms with Crippen molar-refractivity contribution in [1.82, 2.24) is 20.6 Å². The van der Waals surface area contributed by atoms with Gasteiger partial charge in [-0.3, -0.25) is 4.79 Å². The van der Waals surface area contributed by atoms with E-state index in [9.17, 15) is 9.59 Å². The highest BCUT2D eigenvalue weighted by molar-refractivity contribution is 5.88. The fraction of sp³-hybridized carbons (Fsp3) is 0.538. The van der Waals surface area contributed by atoms with E-state index in [4.69, 9.17) is 5.11 Å². The molecule has 0 aliphatic rings. The Morgan fingerprint density at radius 2 is 2.20 bits per heavy atom. The van der Waals surface area contributed by atoms with Crippen LogP contribution in [-0.4, -0.2) is 39.5 Å². The number of aromatic nitrogens is 2. The Morgan fingerprint density at radius 1 is 1.45 bits per heavy atom. The van der Waals surface area contributed by atoms with Gasteiger partial charge in [-0.15, -0.1) is 0 Å². The summed E-state index contributed by atoms with van der Waals surface area (Å²) >= 11 is 0. The van der Waals surface area contributed by atoms with Crippen molar-refractivity contribution in [3.8, 4) is 0 Å². The molecule has 1 rings (SSSR count). The molecule has 1 amide bonds. The van der Waals surface area contributed by atoms with Crippen molar-refractivity contribution in [2.24, 2.45) is 0 Å². The van der Waals surface area contributed by atoms with E-state index in [1.165, 1.54) is 12.5 Å². The molecule has 3 N–H and O–H groups in total. The van der Waals surface area contributed by atoms with Gasteiger partial charge in [0.05, 0.1) is 5.69 Å². The second-order valence-electron chi connectivity index (χ2n) is 4.49. The molecule has 0 aliphatic carbocycles. The average molecular weight is 280 g/mol. The molecule has 0 saturated carbocycles. The van der Waals surface area contributed by atoms with Crippen molar-refractivity contribution in [3.05, 3.63) is 23.8 Å². The van der Waals surface area contributed by atoms with Crippen LogP contribution in [0, 0.1) is 0 Å². The predicted octanol–water partition coefficient (Wildman–Crippen LogP) is 0.569. The minimum atomic E-state index is -1.06. The number of rotatable bonds is 8. The third-order valence-electron chi connectivity index (χ3n) is 2.87. The molecule has 7 nitrogen and oxygen atoms in total. The summed E-state index contributed by atoms with van der Waals surface area (Å²) < 4.78 is 0. The summed E-state index contributed by atoms with van der Waals surface area (Å²) in [6.07, 6.45) is 3.81. The highest BCUT2D eigenvalue weighted by Gasteiger charge is 2.11. The van der Waals surface area contributed by atoms with Crippen LogP contribution in [0.2, 0.25) is 0 Å². The number of amides is 1. The molecule has 0 radical (unpaired) electrons. The summed E-state index contributed by atoms with van der Waals surface area (Å²) in [7, 11) is 0. The number of nitrogens with one attached hydrogen (secondary N) is 2.